The number of ether oxygens (including phenoxy) is 2. The van der Waals surface area contributed by atoms with Crippen LogP contribution in [0.1, 0.15) is 25.3 Å². The number of para-hydroxylation sites is 1. The Morgan fingerprint density at radius 3 is 2.67 bits per heavy atom. The molecule has 0 aliphatic rings. The molecular formula is C23H26ClNO5S3. The number of rotatable bonds is 13. The summed E-state index contributed by atoms with van der Waals surface area (Å²) < 4.78 is 37.9. The highest BCUT2D eigenvalue weighted by molar-refractivity contribution is 8.01. The smallest absolute Gasteiger partial charge is 0.316 e. The van der Waals surface area contributed by atoms with Crippen molar-refractivity contribution in [1.29, 1.82) is 0 Å². The van der Waals surface area contributed by atoms with Crippen LogP contribution in [-0.2, 0) is 30.7 Å². The Bertz CT molecular complexity index is 1120. The summed E-state index contributed by atoms with van der Waals surface area (Å²) in [5.41, 5.74) is 1.78. The van der Waals surface area contributed by atoms with Crippen molar-refractivity contribution in [2.45, 2.75) is 36.8 Å². The summed E-state index contributed by atoms with van der Waals surface area (Å²) in [6.45, 7) is 2.19. The minimum Gasteiger partial charge on any atom is -0.458 e. The molecule has 0 saturated heterocycles. The molecule has 0 spiro atoms. The Kier molecular flexibility index (Phi) is 10.0. The monoisotopic (exact) mass is 527 g/mol. The molecule has 0 bridgehead atoms. The Morgan fingerprint density at radius 1 is 1.18 bits per heavy atom. The number of carbonyl (C=O) groups excluding carboxylic acids is 1. The van der Waals surface area contributed by atoms with Crippen molar-refractivity contribution in [2.75, 3.05) is 23.9 Å². The van der Waals surface area contributed by atoms with Crippen molar-refractivity contribution in [3.05, 3.63) is 59.1 Å². The number of unbranched alkanes of at least 4 members (excludes halogenated alkanes) is 1. The zero-order chi connectivity index (χ0) is 23.7. The average Bonchev–Trinajstić information content (AvgIpc) is 3.20. The second kappa shape index (κ2) is 12.7. The molecule has 0 aliphatic heterocycles. The maximum atomic E-state index is 12.5. The van der Waals surface area contributed by atoms with Gasteiger partial charge in [0.05, 0.1) is 40.7 Å². The summed E-state index contributed by atoms with van der Waals surface area (Å²) in [7, 11) is -3.37. The van der Waals surface area contributed by atoms with Crippen molar-refractivity contribution < 1.29 is 22.7 Å². The van der Waals surface area contributed by atoms with E-state index in [1.807, 2.05) is 43.3 Å². The molecule has 0 N–H and O–H groups in total. The van der Waals surface area contributed by atoms with E-state index in [9.17, 15) is 13.2 Å². The highest BCUT2D eigenvalue weighted by atomic mass is 35.5. The van der Waals surface area contributed by atoms with E-state index in [4.69, 9.17) is 21.1 Å². The standard InChI is InChI=1S/C23H26ClNO5S3/c1-2-3-12-33(27,28)16-19(14-29-13-17-8-10-18(24)11-9-17)30-22(26)15-31-23-25-20-6-4-5-7-21(20)32-23/h4-11,19H,2-3,12-16H2,1H3. The van der Waals surface area contributed by atoms with Gasteiger partial charge >= 0.3 is 5.97 Å². The van der Waals surface area contributed by atoms with Crippen LogP contribution in [0.15, 0.2) is 52.9 Å². The van der Waals surface area contributed by atoms with Gasteiger partial charge in [-0.15, -0.1) is 11.3 Å². The summed E-state index contributed by atoms with van der Waals surface area (Å²) >= 11 is 8.68. The van der Waals surface area contributed by atoms with Crippen molar-refractivity contribution in [3.8, 4) is 0 Å². The number of hydrogen-bond acceptors (Lipinski definition) is 8. The van der Waals surface area contributed by atoms with E-state index in [2.05, 4.69) is 4.98 Å². The summed E-state index contributed by atoms with van der Waals surface area (Å²) in [6.07, 6.45) is 0.472. The molecule has 1 aromatic heterocycles. The van der Waals surface area contributed by atoms with E-state index in [1.165, 1.54) is 23.1 Å². The van der Waals surface area contributed by atoms with Crippen LogP contribution in [-0.4, -0.2) is 49.3 Å². The molecule has 3 rings (SSSR count). The first-order valence-corrected chi connectivity index (χ1v) is 14.6. The number of halogens is 1. The van der Waals surface area contributed by atoms with Crippen molar-refractivity contribution in [3.63, 3.8) is 0 Å². The first-order valence-electron chi connectivity index (χ1n) is 10.5. The lowest BCUT2D eigenvalue weighted by Gasteiger charge is -2.18. The Labute approximate surface area is 207 Å². The number of aromatic nitrogens is 1. The highest BCUT2D eigenvalue weighted by Crippen LogP contribution is 2.29. The lowest BCUT2D eigenvalue weighted by atomic mass is 10.2. The maximum absolute atomic E-state index is 12.5. The van der Waals surface area contributed by atoms with Crippen LogP contribution in [0, 0.1) is 0 Å². The average molecular weight is 528 g/mol. The number of carbonyl (C=O) groups is 1. The Hall–Kier alpha value is -1.65. The van der Waals surface area contributed by atoms with Crippen LogP contribution < -0.4 is 0 Å². The van der Waals surface area contributed by atoms with Gasteiger partial charge in [0.25, 0.3) is 0 Å². The molecule has 0 aliphatic carbocycles. The number of fused-ring (bicyclic) bond motifs is 1. The Morgan fingerprint density at radius 2 is 1.94 bits per heavy atom. The van der Waals surface area contributed by atoms with Gasteiger partial charge in [-0.3, -0.25) is 4.79 Å². The van der Waals surface area contributed by atoms with Crippen molar-refractivity contribution in [2.24, 2.45) is 0 Å². The molecule has 6 nitrogen and oxygen atoms in total. The van der Waals surface area contributed by atoms with Gasteiger partial charge in [-0.25, -0.2) is 13.4 Å². The maximum Gasteiger partial charge on any atom is 0.316 e. The van der Waals surface area contributed by atoms with Gasteiger partial charge in [0.15, 0.2) is 14.2 Å². The van der Waals surface area contributed by atoms with Gasteiger partial charge in [0.1, 0.15) is 6.10 Å². The first kappa shape index (κ1) is 26.0. The van der Waals surface area contributed by atoms with Gasteiger partial charge in [0.2, 0.25) is 0 Å². The summed E-state index contributed by atoms with van der Waals surface area (Å²) in [4.78, 5) is 17.0. The quantitative estimate of drug-likeness (QED) is 0.218. The fraction of sp³-hybridized carbons (Fsp3) is 0.391. The molecule has 178 valence electrons. The minimum atomic E-state index is -3.37. The zero-order valence-corrected chi connectivity index (χ0v) is 21.4. The third-order valence-electron chi connectivity index (χ3n) is 4.62. The molecule has 3 aromatic rings. The third-order valence-corrected chi connectivity index (χ3v) is 8.82. The number of benzene rings is 2. The van der Waals surface area contributed by atoms with Crippen molar-refractivity contribution >= 4 is 60.7 Å². The largest absolute Gasteiger partial charge is 0.458 e. The van der Waals surface area contributed by atoms with Gasteiger partial charge in [0, 0.05) is 5.02 Å². The molecule has 1 unspecified atom stereocenters. The van der Waals surface area contributed by atoms with E-state index in [0.717, 1.165) is 26.5 Å². The summed E-state index contributed by atoms with van der Waals surface area (Å²) in [5.74, 6) is -0.645. The lowest BCUT2D eigenvalue weighted by molar-refractivity contribution is -0.147. The van der Waals surface area contributed by atoms with Crippen LogP contribution in [0.25, 0.3) is 10.2 Å². The van der Waals surface area contributed by atoms with Crippen LogP contribution in [0.3, 0.4) is 0 Å². The van der Waals surface area contributed by atoms with Gasteiger partial charge < -0.3 is 9.47 Å². The van der Waals surface area contributed by atoms with Crippen LogP contribution in [0.4, 0.5) is 0 Å². The number of hydrogen-bond donors (Lipinski definition) is 0. The van der Waals surface area contributed by atoms with E-state index in [1.54, 1.807) is 12.1 Å². The topological polar surface area (TPSA) is 82.6 Å². The molecule has 1 atom stereocenters. The molecular weight excluding hydrogens is 502 g/mol. The molecule has 0 amide bonds. The van der Waals surface area contributed by atoms with E-state index >= 15 is 0 Å². The molecule has 0 fully saturated rings. The highest BCUT2D eigenvalue weighted by Gasteiger charge is 2.23. The molecule has 33 heavy (non-hydrogen) atoms. The van der Waals surface area contributed by atoms with Gasteiger partial charge in [-0.2, -0.15) is 0 Å². The fourth-order valence-corrected chi connectivity index (χ4v) is 6.59. The predicted octanol–water partition coefficient (Wildman–Crippen LogP) is 5.39. The zero-order valence-electron chi connectivity index (χ0n) is 18.2. The SMILES string of the molecule is CCCCS(=O)(=O)CC(COCc1ccc(Cl)cc1)OC(=O)CSc1nc2ccccc2s1. The summed E-state index contributed by atoms with van der Waals surface area (Å²) in [5, 5.41) is 0.623. The minimum absolute atomic E-state index is 0.00841. The number of nitrogens with zero attached hydrogens (tertiary/aromatic N) is 1. The number of thioether (sulfide) groups is 1. The molecule has 2 aromatic carbocycles. The van der Waals surface area contributed by atoms with Crippen molar-refractivity contribution in [1.82, 2.24) is 4.98 Å². The first-order chi connectivity index (χ1) is 15.8. The summed E-state index contributed by atoms with van der Waals surface area (Å²) in [6, 6.07) is 14.9. The third kappa shape index (κ3) is 8.90. The van der Waals surface area contributed by atoms with E-state index < -0.39 is 21.9 Å². The number of sulfone groups is 1. The van der Waals surface area contributed by atoms with Crippen LogP contribution in [0.2, 0.25) is 5.02 Å². The Balaban J connectivity index is 1.56. The lowest BCUT2D eigenvalue weighted by Crippen LogP contribution is -2.32. The second-order valence-corrected chi connectivity index (χ2v) is 12.4. The molecule has 1 heterocycles. The molecule has 10 heteroatoms. The molecule has 0 saturated carbocycles. The molecule has 0 radical (unpaired) electrons. The van der Waals surface area contributed by atoms with Gasteiger partial charge in [-0.05, 0) is 36.2 Å². The van der Waals surface area contributed by atoms with Crippen LogP contribution in [0.5, 0.6) is 0 Å². The normalized spacial score (nSPS) is 12.7. The number of thiazole rings is 1. The predicted molar refractivity (Wildman–Crippen MR) is 135 cm³/mol. The van der Waals surface area contributed by atoms with Gasteiger partial charge in [-0.1, -0.05) is 61.0 Å². The number of esters is 1. The van der Waals surface area contributed by atoms with E-state index in [0.29, 0.717) is 11.4 Å². The second-order valence-electron chi connectivity index (χ2n) is 7.46. The fourth-order valence-electron chi connectivity index (χ4n) is 2.99. The van der Waals surface area contributed by atoms with E-state index in [-0.39, 0.29) is 30.5 Å². The van der Waals surface area contributed by atoms with Crippen LogP contribution >= 0.6 is 34.7 Å².